The molecule has 0 unspecified atom stereocenters. The highest BCUT2D eigenvalue weighted by molar-refractivity contribution is 6.12. The maximum absolute atomic E-state index is 5.21. The molecule has 242 valence electrons. The molecule has 10 aromatic rings. The van der Waals surface area contributed by atoms with Crippen LogP contribution in [0.4, 0.5) is 11.6 Å². The molecule has 11 rings (SSSR count). The Morgan fingerprint density at radius 2 is 0.922 bits per heavy atom. The van der Waals surface area contributed by atoms with Crippen LogP contribution >= 0.6 is 0 Å². The summed E-state index contributed by atoms with van der Waals surface area (Å²) in [6, 6.07) is 59.3. The van der Waals surface area contributed by atoms with Gasteiger partial charge in [-0.2, -0.15) is 0 Å². The quantitative estimate of drug-likeness (QED) is 0.190. The van der Waals surface area contributed by atoms with E-state index in [0.717, 1.165) is 39.7 Å². The molecule has 3 aromatic heterocycles. The van der Waals surface area contributed by atoms with Gasteiger partial charge in [0.15, 0.2) is 0 Å². The lowest BCUT2D eigenvalue weighted by Crippen LogP contribution is -2.43. The van der Waals surface area contributed by atoms with Crippen LogP contribution in [0.2, 0.25) is 0 Å². The van der Waals surface area contributed by atoms with Crippen molar-refractivity contribution < 1.29 is 0 Å². The number of imidazole rings is 1. The van der Waals surface area contributed by atoms with Crippen molar-refractivity contribution in [2.45, 2.75) is 19.4 Å². The predicted molar refractivity (Wildman–Crippen MR) is 211 cm³/mol. The summed E-state index contributed by atoms with van der Waals surface area (Å²) >= 11 is 0. The molecule has 0 atom stereocenters. The first-order valence-electron chi connectivity index (χ1n) is 17.6. The van der Waals surface area contributed by atoms with E-state index >= 15 is 0 Å². The van der Waals surface area contributed by atoms with Crippen molar-refractivity contribution in [1.82, 2.24) is 18.7 Å². The summed E-state index contributed by atoms with van der Waals surface area (Å²) in [7, 11) is 0. The fraction of sp³-hybridized carbons (Fsp3) is 0.0652. The molecular weight excluding hydrogens is 623 g/mol. The van der Waals surface area contributed by atoms with Crippen LogP contribution < -0.4 is 4.90 Å². The molecule has 0 bridgehead atoms. The van der Waals surface area contributed by atoms with Gasteiger partial charge in [0.05, 0.1) is 44.3 Å². The molecule has 0 N–H and O–H groups in total. The van der Waals surface area contributed by atoms with Gasteiger partial charge < -0.3 is 14.0 Å². The molecule has 1 aliphatic rings. The minimum atomic E-state index is -0.396. The largest absolute Gasteiger partial charge is 0.309 e. The molecule has 4 heterocycles. The van der Waals surface area contributed by atoms with Gasteiger partial charge in [0.25, 0.3) is 0 Å². The van der Waals surface area contributed by atoms with Crippen molar-refractivity contribution in [2.75, 3.05) is 4.90 Å². The Morgan fingerprint density at radius 1 is 0.412 bits per heavy atom. The highest BCUT2D eigenvalue weighted by atomic mass is 15.4. The van der Waals surface area contributed by atoms with E-state index in [-0.39, 0.29) is 0 Å². The van der Waals surface area contributed by atoms with E-state index in [1.165, 1.54) is 49.2 Å². The molecule has 5 heteroatoms. The SMILES string of the molecule is CC1(C)c2cc(-n3c4ccccc4c4cc(-n5c6ccccc6c6ccccc65)ccc43)ccc2-n2c(nc3ccccc32)N1c1ccccc1. The number of benzene rings is 7. The summed E-state index contributed by atoms with van der Waals surface area (Å²) in [5.41, 5.74) is 12.3. The van der Waals surface area contributed by atoms with Gasteiger partial charge in [-0.15, -0.1) is 0 Å². The van der Waals surface area contributed by atoms with Gasteiger partial charge in [-0.25, -0.2) is 4.98 Å². The Balaban J connectivity index is 1.16. The van der Waals surface area contributed by atoms with Crippen molar-refractivity contribution in [3.05, 3.63) is 169 Å². The van der Waals surface area contributed by atoms with Gasteiger partial charge in [-0.1, -0.05) is 84.9 Å². The van der Waals surface area contributed by atoms with Gasteiger partial charge in [0.2, 0.25) is 5.95 Å². The van der Waals surface area contributed by atoms with Gasteiger partial charge in [-0.05, 0) is 92.7 Å². The second-order valence-corrected chi connectivity index (χ2v) is 14.1. The lowest BCUT2D eigenvalue weighted by atomic mass is 9.88. The third-order valence-electron chi connectivity index (χ3n) is 10.9. The second-order valence-electron chi connectivity index (χ2n) is 14.1. The number of fused-ring (bicyclic) bond motifs is 11. The van der Waals surface area contributed by atoms with Crippen LogP contribution in [0.25, 0.3) is 71.7 Å². The number of anilines is 2. The van der Waals surface area contributed by atoms with E-state index in [0.29, 0.717) is 0 Å². The fourth-order valence-corrected chi connectivity index (χ4v) is 8.71. The molecule has 0 saturated heterocycles. The maximum Gasteiger partial charge on any atom is 0.216 e. The van der Waals surface area contributed by atoms with Crippen molar-refractivity contribution in [3.8, 4) is 17.1 Å². The first kappa shape index (κ1) is 28.3. The zero-order chi connectivity index (χ0) is 33.8. The standard InChI is InChI=1S/C46H33N5/c1-46(2)37-29-32(25-27-43(37)50-44-23-13-9-19-38(44)47-45(50)51(46)30-14-4-3-5-15-30)49-41-22-12-8-18-35(41)36-28-31(24-26-42(36)49)48-39-20-10-6-16-33(39)34-17-7-11-21-40(34)48/h3-29H,1-2H3. The number of hydrogen-bond acceptors (Lipinski definition) is 2. The Hall–Kier alpha value is -6.59. The normalized spacial score (nSPS) is 13.8. The lowest BCUT2D eigenvalue weighted by Gasteiger charge is -2.44. The Labute approximate surface area is 294 Å². The molecule has 1 aliphatic heterocycles. The molecule has 7 aromatic carbocycles. The van der Waals surface area contributed by atoms with Crippen LogP contribution in [0, 0.1) is 0 Å². The van der Waals surface area contributed by atoms with Crippen LogP contribution in [-0.2, 0) is 5.54 Å². The molecule has 0 aliphatic carbocycles. The summed E-state index contributed by atoms with van der Waals surface area (Å²) in [6.07, 6.45) is 0. The minimum absolute atomic E-state index is 0.396. The maximum atomic E-state index is 5.21. The van der Waals surface area contributed by atoms with Crippen LogP contribution in [0.3, 0.4) is 0 Å². The van der Waals surface area contributed by atoms with Gasteiger partial charge in [0.1, 0.15) is 0 Å². The molecule has 51 heavy (non-hydrogen) atoms. The molecule has 0 fully saturated rings. The molecule has 5 nitrogen and oxygen atoms in total. The zero-order valence-electron chi connectivity index (χ0n) is 28.3. The van der Waals surface area contributed by atoms with E-state index in [4.69, 9.17) is 4.98 Å². The fourth-order valence-electron chi connectivity index (χ4n) is 8.71. The molecule has 0 radical (unpaired) electrons. The summed E-state index contributed by atoms with van der Waals surface area (Å²) in [6.45, 7) is 4.63. The topological polar surface area (TPSA) is 30.9 Å². The van der Waals surface area contributed by atoms with E-state index < -0.39 is 5.54 Å². The first-order valence-corrected chi connectivity index (χ1v) is 17.6. The lowest BCUT2D eigenvalue weighted by molar-refractivity contribution is 0.507. The third kappa shape index (κ3) is 3.83. The van der Waals surface area contributed by atoms with Gasteiger partial charge in [-0.3, -0.25) is 4.57 Å². The summed E-state index contributed by atoms with van der Waals surface area (Å²) in [5, 5.41) is 5.01. The van der Waals surface area contributed by atoms with Crippen molar-refractivity contribution in [1.29, 1.82) is 0 Å². The molecule has 0 saturated carbocycles. The van der Waals surface area contributed by atoms with Crippen molar-refractivity contribution in [3.63, 3.8) is 0 Å². The van der Waals surface area contributed by atoms with Crippen LogP contribution in [-0.4, -0.2) is 18.7 Å². The molecule has 0 spiro atoms. The van der Waals surface area contributed by atoms with E-state index in [1.807, 2.05) is 0 Å². The van der Waals surface area contributed by atoms with Crippen LogP contribution in [0.1, 0.15) is 19.4 Å². The number of rotatable bonds is 3. The summed E-state index contributed by atoms with van der Waals surface area (Å²) in [5.74, 6) is 0.933. The average Bonchev–Trinajstić information content (AvgIpc) is 3.83. The molecule has 0 amide bonds. The monoisotopic (exact) mass is 655 g/mol. The minimum Gasteiger partial charge on any atom is -0.309 e. The number of aromatic nitrogens is 4. The Morgan fingerprint density at radius 3 is 1.59 bits per heavy atom. The second kappa shape index (κ2) is 10.2. The van der Waals surface area contributed by atoms with Crippen LogP contribution in [0.5, 0.6) is 0 Å². The summed E-state index contributed by atoms with van der Waals surface area (Å²) < 4.78 is 7.17. The smallest absolute Gasteiger partial charge is 0.216 e. The van der Waals surface area contributed by atoms with Crippen LogP contribution in [0.15, 0.2) is 164 Å². The Kier molecular flexibility index (Phi) is 5.66. The number of hydrogen-bond donors (Lipinski definition) is 0. The van der Waals surface area contributed by atoms with E-state index in [2.05, 4.69) is 196 Å². The average molecular weight is 656 g/mol. The van der Waals surface area contributed by atoms with E-state index in [1.54, 1.807) is 0 Å². The van der Waals surface area contributed by atoms with Gasteiger partial charge >= 0.3 is 0 Å². The van der Waals surface area contributed by atoms with Gasteiger partial charge in [0, 0.05) is 44.2 Å². The van der Waals surface area contributed by atoms with E-state index in [9.17, 15) is 0 Å². The first-order chi connectivity index (χ1) is 25.1. The predicted octanol–water partition coefficient (Wildman–Crippen LogP) is 11.6. The molecular formula is C46H33N5. The van der Waals surface area contributed by atoms with Crippen molar-refractivity contribution in [2.24, 2.45) is 0 Å². The van der Waals surface area contributed by atoms with Crippen molar-refractivity contribution >= 4 is 66.3 Å². The highest BCUT2D eigenvalue weighted by Gasteiger charge is 2.41. The highest BCUT2D eigenvalue weighted by Crippen LogP contribution is 2.48. The third-order valence-corrected chi connectivity index (χ3v) is 10.9. The number of para-hydroxylation sites is 6. The Bertz CT molecular complexity index is 2960. The summed E-state index contributed by atoms with van der Waals surface area (Å²) in [4.78, 5) is 7.60. The number of nitrogens with zero attached hydrogens (tertiary/aromatic N) is 5. The zero-order valence-corrected chi connectivity index (χ0v) is 28.3.